The number of carbonyl (C=O) groups is 2. The number of piperidine rings is 1. The van der Waals surface area contributed by atoms with Crippen molar-refractivity contribution in [2.75, 3.05) is 19.7 Å². The van der Waals surface area contributed by atoms with Gasteiger partial charge in [0.05, 0.1) is 12.4 Å². The molecule has 104 valence electrons. The Bertz CT molecular complexity index is 463. The van der Waals surface area contributed by atoms with Crippen LogP contribution in [0.2, 0.25) is 0 Å². The minimum absolute atomic E-state index is 0.0797. The normalized spacial score (nSPS) is 16.6. The number of nitrogens with zero attached hydrogens (tertiary/aromatic N) is 3. The number of aromatic nitrogens is 2. The molecule has 1 fully saturated rings. The van der Waals surface area contributed by atoms with Crippen LogP contribution in [-0.4, -0.2) is 57.2 Å². The number of imidazole rings is 1. The molecule has 1 saturated heterocycles. The summed E-state index contributed by atoms with van der Waals surface area (Å²) in [7, 11) is 1.82. The number of ether oxygens (including phenoxy) is 1. The van der Waals surface area contributed by atoms with Crippen LogP contribution in [0.25, 0.3) is 0 Å². The SMILES string of the molecule is Cn1cnc(C(=O)N2CCC(OCC(=O)O)CC2)c1. The fourth-order valence-corrected chi connectivity index (χ4v) is 2.10. The monoisotopic (exact) mass is 267 g/mol. The second kappa shape index (κ2) is 5.83. The van der Waals surface area contributed by atoms with E-state index in [1.807, 2.05) is 7.05 Å². The second-order valence-electron chi connectivity index (χ2n) is 4.62. The van der Waals surface area contributed by atoms with Crippen LogP contribution in [0.4, 0.5) is 0 Å². The van der Waals surface area contributed by atoms with Crippen LogP contribution < -0.4 is 0 Å². The summed E-state index contributed by atoms with van der Waals surface area (Å²) in [6.45, 7) is 0.859. The van der Waals surface area contributed by atoms with Gasteiger partial charge in [0.1, 0.15) is 12.3 Å². The first-order chi connectivity index (χ1) is 9.06. The molecule has 0 saturated carbocycles. The van der Waals surface area contributed by atoms with Gasteiger partial charge >= 0.3 is 5.97 Å². The predicted octanol–water partition coefficient (Wildman–Crippen LogP) is 0.126. The molecule has 1 aromatic heterocycles. The van der Waals surface area contributed by atoms with Crippen molar-refractivity contribution in [1.29, 1.82) is 0 Å². The van der Waals surface area contributed by atoms with Gasteiger partial charge in [0, 0.05) is 26.3 Å². The maximum Gasteiger partial charge on any atom is 0.329 e. The van der Waals surface area contributed by atoms with Gasteiger partial charge in [-0.15, -0.1) is 0 Å². The molecule has 1 aliphatic rings. The minimum atomic E-state index is -0.966. The van der Waals surface area contributed by atoms with Crippen molar-refractivity contribution in [3.05, 3.63) is 18.2 Å². The Hall–Kier alpha value is -1.89. The molecule has 0 aliphatic carbocycles. The van der Waals surface area contributed by atoms with E-state index in [-0.39, 0.29) is 18.6 Å². The van der Waals surface area contributed by atoms with E-state index in [1.54, 1.807) is 22.0 Å². The van der Waals surface area contributed by atoms with Crippen LogP contribution in [0.15, 0.2) is 12.5 Å². The van der Waals surface area contributed by atoms with Crippen LogP contribution in [-0.2, 0) is 16.6 Å². The molecule has 7 nitrogen and oxygen atoms in total. The number of carboxylic acid groups (broad SMARTS) is 1. The molecule has 1 aliphatic heterocycles. The van der Waals surface area contributed by atoms with Crippen LogP contribution in [0.3, 0.4) is 0 Å². The number of hydrogen-bond acceptors (Lipinski definition) is 4. The summed E-state index contributed by atoms with van der Waals surface area (Å²) in [5, 5.41) is 8.54. The topological polar surface area (TPSA) is 84.7 Å². The first-order valence-electron chi connectivity index (χ1n) is 6.17. The predicted molar refractivity (Wildman–Crippen MR) is 65.7 cm³/mol. The average molecular weight is 267 g/mol. The van der Waals surface area contributed by atoms with Gasteiger partial charge in [0.15, 0.2) is 0 Å². The molecule has 19 heavy (non-hydrogen) atoms. The molecular formula is C12H17N3O4. The number of rotatable bonds is 4. The zero-order valence-electron chi connectivity index (χ0n) is 10.8. The molecule has 0 radical (unpaired) electrons. The van der Waals surface area contributed by atoms with Crippen molar-refractivity contribution in [3.8, 4) is 0 Å². The molecule has 1 aromatic rings. The van der Waals surface area contributed by atoms with E-state index in [0.717, 1.165) is 0 Å². The van der Waals surface area contributed by atoms with Gasteiger partial charge in [0.25, 0.3) is 5.91 Å². The maximum absolute atomic E-state index is 12.1. The number of carbonyl (C=O) groups excluding carboxylic acids is 1. The van der Waals surface area contributed by atoms with Crippen molar-refractivity contribution in [3.63, 3.8) is 0 Å². The van der Waals surface area contributed by atoms with Crippen molar-refractivity contribution >= 4 is 11.9 Å². The highest BCUT2D eigenvalue weighted by Crippen LogP contribution is 2.15. The van der Waals surface area contributed by atoms with E-state index in [1.165, 1.54) is 0 Å². The Morgan fingerprint density at radius 2 is 2.16 bits per heavy atom. The van der Waals surface area contributed by atoms with Crippen molar-refractivity contribution < 1.29 is 19.4 Å². The lowest BCUT2D eigenvalue weighted by Gasteiger charge is -2.31. The summed E-state index contributed by atoms with van der Waals surface area (Å²) in [5.41, 5.74) is 0.437. The van der Waals surface area contributed by atoms with Crippen LogP contribution in [0.1, 0.15) is 23.3 Å². The molecule has 7 heteroatoms. The summed E-state index contributed by atoms with van der Waals surface area (Å²) < 4.78 is 6.96. The second-order valence-corrected chi connectivity index (χ2v) is 4.62. The minimum Gasteiger partial charge on any atom is -0.480 e. The third kappa shape index (κ3) is 3.54. The number of amides is 1. The Kier molecular flexibility index (Phi) is 4.16. The highest BCUT2D eigenvalue weighted by atomic mass is 16.5. The number of carboxylic acids is 1. The van der Waals surface area contributed by atoms with Crippen LogP contribution in [0, 0.1) is 0 Å². The van der Waals surface area contributed by atoms with E-state index in [4.69, 9.17) is 9.84 Å². The van der Waals surface area contributed by atoms with Gasteiger partial charge in [-0.2, -0.15) is 0 Å². The summed E-state index contributed by atoms with van der Waals surface area (Å²) in [4.78, 5) is 28.3. The van der Waals surface area contributed by atoms with Gasteiger partial charge in [-0.05, 0) is 12.8 Å². The summed E-state index contributed by atoms with van der Waals surface area (Å²) in [6, 6.07) is 0. The molecule has 0 aromatic carbocycles. The van der Waals surface area contributed by atoms with Gasteiger partial charge in [-0.1, -0.05) is 0 Å². The summed E-state index contributed by atoms with van der Waals surface area (Å²) >= 11 is 0. The highest BCUT2D eigenvalue weighted by Gasteiger charge is 2.25. The summed E-state index contributed by atoms with van der Waals surface area (Å²) in [5.74, 6) is -1.05. The number of likely N-dealkylation sites (tertiary alicyclic amines) is 1. The molecule has 0 bridgehead atoms. The Balaban J connectivity index is 1.83. The fourth-order valence-electron chi connectivity index (χ4n) is 2.10. The van der Waals surface area contributed by atoms with Crippen molar-refractivity contribution in [1.82, 2.24) is 14.5 Å². The first kappa shape index (κ1) is 13.5. The van der Waals surface area contributed by atoms with Crippen molar-refractivity contribution in [2.24, 2.45) is 7.05 Å². The molecule has 1 N–H and O–H groups in total. The first-order valence-corrected chi connectivity index (χ1v) is 6.17. The van der Waals surface area contributed by atoms with Gasteiger partial charge in [-0.3, -0.25) is 4.79 Å². The van der Waals surface area contributed by atoms with E-state index < -0.39 is 5.97 Å². The molecule has 0 spiro atoms. The van der Waals surface area contributed by atoms with Crippen molar-refractivity contribution in [2.45, 2.75) is 18.9 Å². The Morgan fingerprint density at radius 3 is 2.68 bits per heavy atom. The molecule has 2 rings (SSSR count). The zero-order chi connectivity index (χ0) is 13.8. The number of hydrogen-bond donors (Lipinski definition) is 1. The number of aryl methyl sites for hydroxylation is 1. The lowest BCUT2D eigenvalue weighted by atomic mass is 10.1. The van der Waals surface area contributed by atoms with Crippen LogP contribution >= 0.6 is 0 Å². The standard InChI is InChI=1S/C12H17N3O4/c1-14-6-10(13-8-14)12(18)15-4-2-9(3-5-15)19-7-11(16)17/h6,8-9H,2-5,7H2,1H3,(H,16,17). The molecule has 2 heterocycles. The molecule has 0 unspecified atom stereocenters. The van der Waals surface area contributed by atoms with E-state index >= 15 is 0 Å². The third-order valence-electron chi connectivity index (χ3n) is 3.10. The quantitative estimate of drug-likeness (QED) is 0.838. The smallest absolute Gasteiger partial charge is 0.329 e. The number of aliphatic carboxylic acids is 1. The lowest BCUT2D eigenvalue weighted by molar-refractivity contribution is -0.145. The van der Waals surface area contributed by atoms with Gasteiger partial charge < -0.3 is 19.3 Å². The molecule has 0 atom stereocenters. The molecule has 1 amide bonds. The largest absolute Gasteiger partial charge is 0.480 e. The molecular weight excluding hydrogens is 250 g/mol. The third-order valence-corrected chi connectivity index (χ3v) is 3.10. The zero-order valence-corrected chi connectivity index (χ0v) is 10.8. The Labute approximate surface area is 110 Å². The summed E-state index contributed by atoms with van der Waals surface area (Å²) in [6.07, 6.45) is 4.52. The maximum atomic E-state index is 12.1. The average Bonchev–Trinajstić information content (AvgIpc) is 2.83. The Morgan fingerprint density at radius 1 is 1.47 bits per heavy atom. The van der Waals surface area contributed by atoms with Gasteiger partial charge in [-0.25, -0.2) is 9.78 Å². The van der Waals surface area contributed by atoms with E-state index in [0.29, 0.717) is 31.6 Å². The highest BCUT2D eigenvalue weighted by molar-refractivity contribution is 5.92. The van der Waals surface area contributed by atoms with Crippen LogP contribution in [0.5, 0.6) is 0 Å². The van der Waals surface area contributed by atoms with E-state index in [9.17, 15) is 9.59 Å². The lowest BCUT2D eigenvalue weighted by Crippen LogP contribution is -2.41. The van der Waals surface area contributed by atoms with Gasteiger partial charge in [0.2, 0.25) is 0 Å². The van der Waals surface area contributed by atoms with E-state index in [2.05, 4.69) is 4.98 Å². The fraction of sp³-hybridized carbons (Fsp3) is 0.583.